The molecule has 36 heavy (non-hydrogen) atoms. The van der Waals surface area contributed by atoms with Crippen molar-refractivity contribution >= 4 is 45.8 Å². The molecule has 0 saturated heterocycles. The fraction of sp³-hybridized carbons (Fsp3) is 0.100. The standard InChI is InChI=1S/C30H22Cl2N4/c1-19-7-9-20(10-8-19)27-18-28(21-11-13-23(31)14-12-21)36(35-27)30-33-26-16-15-24(32)17-25(26)29(34-30)22-5-3-2-4-6-22/h2-17,28H,18H2,1H3. The van der Waals surface area contributed by atoms with E-state index in [0.717, 1.165) is 45.4 Å². The molecule has 6 heteroatoms. The summed E-state index contributed by atoms with van der Waals surface area (Å²) in [4.78, 5) is 10.00. The number of fused-ring (bicyclic) bond motifs is 1. The van der Waals surface area contributed by atoms with Gasteiger partial charge in [-0.05, 0) is 48.4 Å². The molecule has 0 radical (unpaired) electrons. The molecule has 1 atom stereocenters. The molecular weight excluding hydrogens is 487 g/mol. The van der Waals surface area contributed by atoms with Gasteiger partial charge in [0, 0.05) is 27.4 Å². The Morgan fingerprint density at radius 3 is 2.22 bits per heavy atom. The molecule has 6 rings (SSSR count). The van der Waals surface area contributed by atoms with E-state index in [9.17, 15) is 0 Å². The molecule has 0 fully saturated rings. The number of aromatic nitrogens is 2. The predicted molar refractivity (Wildman–Crippen MR) is 149 cm³/mol. The zero-order chi connectivity index (χ0) is 24.6. The van der Waals surface area contributed by atoms with Gasteiger partial charge in [-0.25, -0.2) is 15.0 Å². The maximum absolute atomic E-state index is 6.36. The zero-order valence-corrected chi connectivity index (χ0v) is 21.1. The second kappa shape index (κ2) is 9.38. The van der Waals surface area contributed by atoms with E-state index in [1.165, 1.54) is 5.56 Å². The number of hydrazone groups is 1. The third kappa shape index (κ3) is 4.34. The molecule has 176 valence electrons. The largest absolute Gasteiger partial charge is 0.247 e. The Labute approximate surface area is 219 Å². The minimum Gasteiger partial charge on any atom is -0.223 e. The van der Waals surface area contributed by atoms with Crippen molar-refractivity contribution in [3.8, 4) is 11.3 Å². The number of halogens is 2. The van der Waals surface area contributed by atoms with Gasteiger partial charge in [0.15, 0.2) is 0 Å². The van der Waals surface area contributed by atoms with Crippen molar-refractivity contribution in [2.75, 3.05) is 5.01 Å². The van der Waals surface area contributed by atoms with Crippen LogP contribution in [0.15, 0.2) is 102 Å². The van der Waals surface area contributed by atoms with Gasteiger partial charge < -0.3 is 0 Å². The average molecular weight is 509 g/mol. The van der Waals surface area contributed by atoms with Crippen molar-refractivity contribution in [3.63, 3.8) is 0 Å². The SMILES string of the molecule is Cc1ccc(C2=NN(c3nc(-c4ccccc4)c4cc(Cl)ccc4n3)C(c3ccc(Cl)cc3)C2)cc1. The normalized spacial score (nSPS) is 15.4. The van der Waals surface area contributed by atoms with E-state index in [1.807, 2.05) is 77.8 Å². The molecule has 1 aromatic heterocycles. The van der Waals surface area contributed by atoms with E-state index in [4.69, 9.17) is 38.3 Å². The van der Waals surface area contributed by atoms with Crippen molar-refractivity contribution < 1.29 is 0 Å². The Morgan fingerprint density at radius 1 is 0.750 bits per heavy atom. The lowest BCUT2D eigenvalue weighted by molar-refractivity contribution is 0.689. The van der Waals surface area contributed by atoms with Crippen LogP contribution >= 0.6 is 23.2 Å². The Kier molecular flexibility index (Phi) is 5.92. The van der Waals surface area contributed by atoms with E-state index >= 15 is 0 Å². The van der Waals surface area contributed by atoms with Gasteiger partial charge >= 0.3 is 0 Å². The maximum atomic E-state index is 6.36. The van der Waals surface area contributed by atoms with Gasteiger partial charge in [-0.1, -0.05) is 95.5 Å². The monoisotopic (exact) mass is 508 g/mol. The van der Waals surface area contributed by atoms with Crippen LogP contribution in [0.25, 0.3) is 22.2 Å². The zero-order valence-electron chi connectivity index (χ0n) is 19.6. The van der Waals surface area contributed by atoms with Crippen LogP contribution in [0.4, 0.5) is 5.95 Å². The molecule has 4 nitrogen and oxygen atoms in total. The first-order chi connectivity index (χ1) is 17.5. The molecule has 0 saturated carbocycles. The van der Waals surface area contributed by atoms with E-state index in [-0.39, 0.29) is 6.04 Å². The molecule has 0 amide bonds. The maximum Gasteiger partial charge on any atom is 0.247 e. The van der Waals surface area contributed by atoms with E-state index in [2.05, 4.69) is 31.2 Å². The van der Waals surface area contributed by atoms with Gasteiger partial charge in [-0.2, -0.15) is 5.10 Å². The molecule has 0 spiro atoms. The number of hydrogen-bond donors (Lipinski definition) is 0. The van der Waals surface area contributed by atoms with Crippen molar-refractivity contribution in [2.24, 2.45) is 5.10 Å². The number of anilines is 1. The highest BCUT2D eigenvalue weighted by Crippen LogP contribution is 2.38. The molecule has 0 bridgehead atoms. The second-order valence-corrected chi connectivity index (χ2v) is 9.80. The summed E-state index contributed by atoms with van der Waals surface area (Å²) in [7, 11) is 0. The Morgan fingerprint density at radius 2 is 1.47 bits per heavy atom. The number of rotatable bonds is 4. The highest BCUT2D eigenvalue weighted by molar-refractivity contribution is 6.31. The van der Waals surface area contributed by atoms with Crippen LogP contribution in [0, 0.1) is 6.92 Å². The van der Waals surface area contributed by atoms with Crippen LogP contribution in [-0.2, 0) is 0 Å². The molecule has 4 aromatic carbocycles. The second-order valence-electron chi connectivity index (χ2n) is 8.93. The van der Waals surface area contributed by atoms with Crippen LogP contribution in [0.5, 0.6) is 0 Å². The van der Waals surface area contributed by atoms with Gasteiger partial charge in [0.2, 0.25) is 5.95 Å². The topological polar surface area (TPSA) is 41.4 Å². The van der Waals surface area contributed by atoms with Crippen LogP contribution in [-0.4, -0.2) is 15.7 Å². The van der Waals surface area contributed by atoms with Gasteiger partial charge in [-0.15, -0.1) is 0 Å². The summed E-state index contributed by atoms with van der Waals surface area (Å²) >= 11 is 12.6. The van der Waals surface area contributed by atoms with Gasteiger partial charge in [0.1, 0.15) is 0 Å². The van der Waals surface area contributed by atoms with Gasteiger partial charge in [0.05, 0.1) is 23.0 Å². The molecule has 2 heterocycles. The third-order valence-electron chi connectivity index (χ3n) is 6.45. The number of hydrogen-bond acceptors (Lipinski definition) is 4. The Balaban J connectivity index is 1.53. The van der Waals surface area contributed by atoms with Crippen molar-refractivity contribution in [1.29, 1.82) is 0 Å². The minimum absolute atomic E-state index is 0.0630. The number of benzene rings is 4. The molecule has 1 aliphatic rings. The summed E-state index contributed by atoms with van der Waals surface area (Å²) < 4.78 is 0. The van der Waals surface area contributed by atoms with Gasteiger partial charge in [-0.3, -0.25) is 0 Å². The van der Waals surface area contributed by atoms with Crippen LogP contribution in [0.2, 0.25) is 10.0 Å². The van der Waals surface area contributed by atoms with Crippen LogP contribution in [0.1, 0.15) is 29.2 Å². The smallest absolute Gasteiger partial charge is 0.223 e. The summed E-state index contributed by atoms with van der Waals surface area (Å²) in [6, 6.07) is 32.2. The number of aryl methyl sites for hydroxylation is 1. The lowest BCUT2D eigenvalue weighted by Gasteiger charge is -2.23. The summed E-state index contributed by atoms with van der Waals surface area (Å²) in [5, 5.41) is 9.26. The van der Waals surface area contributed by atoms with Crippen molar-refractivity contribution in [2.45, 2.75) is 19.4 Å². The molecule has 5 aromatic rings. The Bertz CT molecular complexity index is 1580. The average Bonchev–Trinajstić information content (AvgIpc) is 3.35. The molecule has 0 N–H and O–H groups in total. The quantitative estimate of drug-likeness (QED) is 0.245. The van der Waals surface area contributed by atoms with Crippen LogP contribution in [0.3, 0.4) is 0 Å². The van der Waals surface area contributed by atoms with Crippen LogP contribution < -0.4 is 5.01 Å². The van der Waals surface area contributed by atoms with E-state index < -0.39 is 0 Å². The third-order valence-corrected chi connectivity index (χ3v) is 6.94. The molecule has 1 aliphatic heterocycles. The first kappa shape index (κ1) is 22.7. The highest BCUT2D eigenvalue weighted by atomic mass is 35.5. The minimum atomic E-state index is -0.0630. The summed E-state index contributed by atoms with van der Waals surface area (Å²) in [6.07, 6.45) is 0.730. The van der Waals surface area contributed by atoms with Crippen molar-refractivity contribution in [3.05, 3.63) is 124 Å². The predicted octanol–water partition coefficient (Wildman–Crippen LogP) is 8.27. The molecular formula is C30H22Cl2N4. The summed E-state index contributed by atoms with van der Waals surface area (Å²) in [5.74, 6) is 0.547. The lowest BCUT2D eigenvalue weighted by Crippen LogP contribution is -2.21. The van der Waals surface area contributed by atoms with E-state index in [1.54, 1.807) is 0 Å². The lowest BCUT2D eigenvalue weighted by atomic mass is 9.98. The first-order valence-electron chi connectivity index (χ1n) is 11.8. The summed E-state index contributed by atoms with van der Waals surface area (Å²) in [6.45, 7) is 2.09. The number of nitrogens with zero attached hydrogens (tertiary/aromatic N) is 4. The Hall–Kier alpha value is -3.73. The van der Waals surface area contributed by atoms with Crippen molar-refractivity contribution in [1.82, 2.24) is 9.97 Å². The highest BCUT2D eigenvalue weighted by Gasteiger charge is 2.32. The fourth-order valence-corrected chi connectivity index (χ4v) is 4.86. The molecule has 0 aliphatic carbocycles. The van der Waals surface area contributed by atoms with E-state index in [0.29, 0.717) is 16.0 Å². The first-order valence-corrected chi connectivity index (χ1v) is 12.5. The van der Waals surface area contributed by atoms with Gasteiger partial charge in [0.25, 0.3) is 0 Å². The summed E-state index contributed by atoms with van der Waals surface area (Å²) in [5.41, 5.74) is 7.05. The molecule has 1 unspecified atom stereocenters. The fourth-order valence-electron chi connectivity index (χ4n) is 4.57.